The van der Waals surface area contributed by atoms with Gasteiger partial charge >= 0.3 is 6.03 Å². The number of ether oxygens (including phenoxy) is 1. The lowest BCUT2D eigenvalue weighted by Gasteiger charge is -2.08. The third-order valence-electron chi connectivity index (χ3n) is 2.61. The van der Waals surface area contributed by atoms with Crippen LogP contribution < -0.4 is 10.6 Å². The standard InChI is InChI=1S/C13H17N5O2/c1-20-7-6-15-13(19)17-12-4-2-11(3-5-12)8-18-10-14-9-16-18/h2-5,9-10H,6-8H2,1H3,(H2,15,17,19). The van der Waals surface area contributed by atoms with Gasteiger partial charge in [-0.3, -0.25) is 0 Å². The number of urea groups is 1. The maximum atomic E-state index is 11.5. The van der Waals surface area contributed by atoms with Crippen LogP contribution in [0.1, 0.15) is 5.56 Å². The Balaban J connectivity index is 1.83. The Morgan fingerprint density at radius 2 is 2.15 bits per heavy atom. The Labute approximate surface area is 117 Å². The van der Waals surface area contributed by atoms with Crippen LogP contribution in [-0.2, 0) is 11.3 Å². The van der Waals surface area contributed by atoms with E-state index in [0.717, 1.165) is 11.3 Å². The Kier molecular flexibility index (Phi) is 5.08. The smallest absolute Gasteiger partial charge is 0.319 e. The number of aromatic nitrogens is 3. The molecule has 0 bridgehead atoms. The van der Waals surface area contributed by atoms with Gasteiger partial charge in [-0.15, -0.1) is 0 Å². The summed E-state index contributed by atoms with van der Waals surface area (Å²) < 4.78 is 6.59. The summed E-state index contributed by atoms with van der Waals surface area (Å²) in [6, 6.07) is 7.33. The number of nitrogens with one attached hydrogen (secondary N) is 2. The predicted octanol–water partition coefficient (Wildman–Crippen LogP) is 1.09. The van der Waals surface area contributed by atoms with Gasteiger partial charge in [-0.1, -0.05) is 12.1 Å². The van der Waals surface area contributed by atoms with Crippen LogP contribution >= 0.6 is 0 Å². The summed E-state index contributed by atoms with van der Waals surface area (Å²) in [5.41, 5.74) is 1.82. The Morgan fingerprint density at radius 3 is 2.80 bits per heavy atom. The van der Waals surface area contributed by atoms with Crippen LogP contribution in [-0.4, -0.2) is 41.1 Å². The van der Waals surface area contributed by atoms with Crippen LogP contribution in [0.5, 0.6) is 0 Å². The van der Waals surface area contributed by atoms with Crippen molar-refractivity contribution in [2.75, 3.05) is 25.6 Å². The van der Waals surface area contributed by atoms with E-state index in [-0.39, 0.29) is 6.03 Å². The zero-order valence-corrected chi connectivity index (χ0v) is 11.2. The van der Waals surface area contributed by atoms with Gasteiger partial charge in [0.15, 0.2) is 0 Å². The lowest BCUT2D eigenvalue weighted by molar-refractivity contribution is 0.198. The molecule has 2 rings (SSSR count). The van der Waals surface area contributed by atoms with Gasteiger partial charge in [0.1, 0.15) is 12.7 Å². The molecule has 2 N–H and O–H groups in total. The van der Waals surface area contributed by atoms with E-state index in [1.54, 1.807) is 18.1 Å². The van der Waals surface area contributed by atoms with E-state index in [4.69, 9.17) is 4.74 Å². The first-order valence-corrected chi connectivity index (χ1v) is 6.23. The first kappa shape index (κ1) is 14.0. The van der Waals surface area contributed by atoms with Gasteiger partial charge in [-0.25, -0.2) is 14.5 Å². The fourth-order valence-corrected chi connectivity index (χ4v) is 1.64. The number of amides is 2. The molecule has 0 atom stereocenters. The molecule has 106 valence electrons. The summed E-state index contributed by atoms with van der Waals surface area (Å²) in [6.07, 6.45) is 3.16. The van der Waals surface area contributed by atoms with E-state index in [2.05, 4.69) is 20.7 Å². The van der Waals surface area contributed by atoms with Crippen molar-refractivity contribution in [2.45, 2.75) is 6.54 Å². The topological polar surface area (TPSA) is 81.1 Å². The number of carbonyl (C=O) groups excluding carboxylic acids is 1. The van der Waals surface area contributed by atoms with Crippen LogP contribution in [0, 0.1) is 0 Å². The predicted molar refractivity (Wildman–Crippen MR) is 74.5 cm³/mol. The molecule has 0 spiro atoms. The molecule has 0 aliphatic heterocycles. The average molecular weight is 275 g/mol. The molecule has 2 amide bonds. The quantitative estimate of drug-likeness (QED) is 0.773. The minimum Gasteiger partial charge on any atom is -0.383 e. The van der Waals surface area contributed by atoms with Crippen LogP contribution in [0.4, 0.5) is 10.5 Å². The number of methoxy groups -OCH3 is 1. The van der Waals surface area contributed by atoms with Crippen molar-refractivity contribution in [3.63, 3.8) is 0 Å². The normalized spacial score (nSPS) is 10.2. The van der Waals surface area contributed by atoms with Crippen LogP contribution in [0.3, 0.4) is 0 Å². The van der Waals surface area contributed by atoms with Crippen molar-refractivity contribution < 1.29 is 9.53 Å². The number of anilines is 1. The van der Waals surface area contributed by atoms with Crippen LogP contribution in [0.25, 0.3) is 0 Å². The van der Waals surface area contributed by atoms with E-state index < -0.39 is 0 Å². The Morgan fingerprint density at radius 1 is 1.35 bits per heavy atom. The number of hydrogen-bond acceptors (Lipinski definition) is 4. The summed E-state index contributed by atoms with van der Waals surface area (Å²) in [4.78, 5) is 15.4. The molecule has 20 heavy (non-hydrogen) atoms. The highest BCUT2D eigenvalue weighted by Crippen LogP contribution is 2.10. The summed E-state index contributed by atoms with van der Waals surface area (Å²) in [7, 11) is 1.59. The highest BCUT2D eigenvalue weighted by Gasteiger charge is 2.01. The first-order chi connectivity index (χ1) is 9.78. The second kappa shape index (κ2) is 7.25. The van der Waals surface area contributed by atoms with Gasteiger partial charge in [0, 0.05) is 19.3 Å². The zero-order valence-electron chi connectivity index (χ0n) is 11.2. The van der Waals surface area contributed by atoms with Crippen molar-refractivity contribution in [3.05, 3.63) is 42.5 Å². The van der Waals surface area contributed by atoms with Crippen LogP contribution in [0.2, 0.25) is 0 Å². The molecular formula is C13H17N5O2. The fraction of sp³-hybridized carbons (Fsp3) is 0.308. The summed E-state index contributed by atoms with van der Waals surface area (Å²) in [6.45, 7) is 1.62. The summed E-state index contributed by atoms with van der Waals surface area (Å²) >= 11 is 0. The molecule has 7 nitrogen and oxygen atoms in total. The maximum absolute atomic E-state index is 11.5. The van der Waals surface area contributed by atoms with E-state index in [9.17, 15) is 4.79 Å². The lowest BCUT2D eigenvalue weighted by atomic mass is 10.2. The summed E-state index contributed by atoms with van der Waals surface area (Å²) in [5, 5.41) is 9.47. The lowest BCUT2D eigenvalue weighted by Crippen LogP contribution is -2.31. The Bertz CT molecular complexity index is 524. The average Bonchev–Trinajstić information content (AvgIpc) is 2.94. The molecule has 1 heterocycles. The van der Waals surface area contributed by atoms with Gasteiger partial charge < -0.3 is 15.4 Å². The second-order valence-corrected chi connectivity index (χ2v) is 4.16. The van der Waals surface area contributed by atoms with E-state index in [0.29, 0.717) is 19.7 Å². The van der Waals surface area contributed by atoms with Crippen molar-refractivity contribution in [3.8, 4) is 0 Å². The van der Waals surface area contributed by atoms with Crippen molar-refractivity contribution in [1.82, 2.24) is 20.1 Å². The molecule has 0 aliphatic carbocycles. The van der Waals surface area contributed by atoms with Gasteiger partial charge in [0.25, 0.3) is 0 Å². The van der Waals surface area contributed by atoms with Gasteiger partial charge in [0.05, 0.1) is 13.2 Å². The van der Waals surface area contributed by atoms with Crippen molar-refractivity contribution >= 4 is 11.7 Å². The van der Waals surface area contributed by atoms with Gasteiger partial charge in [0.2, 0.25) is 0 Å². The molecule has 0 aliphatic rings. The third-order valence-corrected chi connectivity index (χ3v) is 2.61. The molecule has 2 aromatic rings. The number of carbonyl (C=O) groups is 1. The Hall–Kier alpha value is -2.41. The first-order valence-electron chi connectivity index (χ1n) is 6.23. The molecule has 7 heteroatoms. The molecule has 0 radical (unpaired) electrons. The van der Waals surface area contributed by atoms with E-state index in [1.807, 2.05) is 24.3 Å². The molecule has 1 aromatic carbocycles. The van der Waals surface area contributed by atoms with Crippen LogP contribution in [0.15, 0.2) is 36.9 Å². The second-order valence-electron chi connectivity index (χ2n) is 4.16. The van der Waals surface area contributed by atoms with Gasteiger partial charge in [-0.05, 0) is 17.7 Å². The molecule has 0 fully saturated rings. The molecular weight excluding hydrogens is 258 g/mol. The molecule has 1 aromatic heterocycles. The maximum Gasteiger partial charge on any atom is 0.319 e. The molecule has 0 saturated carbocycles. The minimum atomic E-state index is -0.244. The molecule has 0 saturated heterocycles. The zero-order chi connectivity index (χ0) is 14.2. The monoisotopic (exact) mass is 275 g/mol. The number of benzene rings is 1. The highest BCUT2D eigenvalue weighted by molar-refractivity contribution is 5.89. The van der Waals surface area contributed by atoms with E-state index >= 15 is 0 Å². The fourth-order valence-electron chi connectivity index (χ4n) is 1.64. The number of hydrogen-bond donors (Lipinski definition) is 2. The van der Waals surface area contributed by atoms with E-state index in [1.165, 1.54) is 6.33 Å². The SMILES string of the molecule is COCCNC(=O)Nc1ccc(Cn2cncn2)cc1. The van der Waals surface area contributed by atoms with Crippen molar-refractivity contribution in [2.24, 2.45) is 0 Å². The minimum absolute atomic E-state index is 0.244. The summed E-state index contributed by atoms with van der Waals surface area (Å²) in [5.74, 6) is 0. The number of rotatable bonds is 6. The number of nitrogens with zero attached hydrogens (tertiary/aromatic N) is 3. The third kappa shape index (κ3) is 4.36. The van der Waals surface area contributed by atoms with Gasteiger partial charge in [-0.2, -0.15) is 5.10 Å². The highest BCUT2D eigenvalue weighted by atomic mass is 16.5. The van der Waals surface area contributed by atoms with Crippen molar-refractivity contribution in [1.29, 1.82) is 0 Å². The largest absolute Gasteiger partial charge is 0.383 e. The molecule has 0 unspecified atom stereocenters.